The van der Waals surface area contributed by atoms with E-state index in [-0.39, 0.29) is 11.8 Å². The number of aromatic nitrogens is 4. The van der Waals surface area contributed by atoms with Crippen molar-refractivity contribution >= 4 is 22.6 Å². The number of rotatable bonds is 3. The zero-order valence-corrected chi connectivity index (χ0v) is 15.7. The van der Waals surface area contributed by atoms with Crippen LogP contribution in [0.2, 0.25) is 0 Å². The molecule has 1 aliphatic heterocycles. The molecule has 140 valence electrons. The highest BCUT2D eigenvalue weighted by Gasteiger charge is 2.35. The molecule has 7 nitrogen and oxygen atoms in total. The summed E-state index contributed by atoms with van der Waals surface area (Å²) < 4.78 is 7.47. The van der Waals surface area contributed by atoms with Crippen LogP contribution in [0.15, 0.2) is 53.3 Å². The second-order valence-corrected chi connectivity index (χ2v) is 7.26. The second kappa shape index (κ2) is 6.30. The summed E-state index contributed by atoms with van der Waals surface area (Å²) in [6, 6.07) is 13.8. The molecule has 1 amide bonds. The van der Waals surface area contributed by atoms with E-state index >= 15 is 0 Å². The molecule has 1 atom stereocenters. The lowest BCUT2D eigenvalue weighted by atomic mass is 10.1. The fourth-order valence-corrected chi connectivity index (χ4v) is 3.64. The summed E-state index contributed by atoms with van der Waals surface area (Å²) in [6.07, 6.45) is 2.15. The Labute approximate surface area is 161 Å². The summed E-state index contributed by atoms with van der Waals surface area (Å²) in [6.45, 7) is 2.57. The van der Waals surface area contributed by atoms with Crippen molar-refractivity contribution in [1.29, 1.82) is 0 Å². The van der Waals surface area contributed by atoms with E-state index in [0.717, 1.165) is 22.3 Å². The van der Waals surface area contributed by atoms with Crippen LogP contribution in [0.1, 0.15) is 23.8 Å². The summed E-state index contributed by atoms with van der Waals surface area (Å²) >= 11 is 0. The van der Waals surface area contributed by atoms with E-state index in [4.69, 9.17) is 4.52 Å². The Morgan fingerprint density at radius 1 is 1.14 bits per heavy atom. The van der Waals surface area contributed by atoms with E-state index in [0.29, 0.717) is 24.7 Å². The Balaban J connectivity index is 1.39. The van der Waals surface area contributed by atoms with Gasteiger partial charge in [-0.3, -0.25) is 4.79 Å². The van der Waals surface area contributed by atoms with Crippen molar-refractivity contribution in [2.75, 3.05) is 11.4 Å². The van der Waals surface area contributed by atoms with Crippen LogP contribution in [0.4, 0.5) is 5.69 Å². The van der Waals surface area contributed by atoms with Gasteiger partial charge < -0.3 is 14.0 Å². The fourth-order valence-electron chi connectivity index (χ4n) is 3.64. The molecular formula is C21H19N5O2. The van der Waals surface area contributed by atoms with Crippen molar-refractivity contribution in [1.82, 2.24) is 19.7 Å². The Hall–Kier alpha value is -3.48. The van der Waals surface area contributed by atoms with E-state index in [1.165, 1.54) is 5.56 Å². The van der Waals surface area contributed by atoms with Crippen LogP contribution in [0, 0.1) is 6.92 Å². The maximum Gasteiger partial charge on any atom is 0.232 e. The fraction of sp³-hybridized carbons (Fsp3) is 0.238. The third kappa shape index (κ3) is 2.76. The minimum atomic E-state index is -0.103. The summed E-state index contributed by atoms with van der Waals surface area (Å²) in [7, 11) is 1.96. The van der Waals surface area contributed by atoms with Crippen molar-refractivity contribution in [3.8, 4) is 11.4 Å². The highest BCUT2D eigenvalue weighted by atomic mass is 16.5. The van der Waals surface area contributed by atoms with Crippen LogP contribution in [-0.2, 0) is 11.8 Å². The van der Waals surface area contributed by atoms with Crippen molar-refractivity contribution in [2.24, 2.45) is 7.05 Å². The van der Waals surface area contributed by atoms with E-state index in [9.17, 15) is 4.79 Å². The minimum absolute atomic E-state index is 0.0727. The maximum atomic E-state index is 12.5. The molecule has 0 N–H and O–H groups in total. The van der Waals surface area contributed by atoms with Gasteiger partial charge >= 0.3 is 0 Å². The minimum Gasteiger partial charge on any atom is -0.339 e. The largest absolute Gasteiger partial charge is 0.339 e. The lowest BCUT2D eigenvalue weighted by Crippen LogP contribution is -2.24. The number of imidazole rings is 1. The van der Waals surface area contributed by atoms with Crippen LogP contribution < -0.4 is 4.90 Å². The number of amides is 1. The Bertz CT molecular complexity index is 1180. The molecular weight excluding hydrogens is 354 g/mol. The van der Waals surface area contributed by atoms with E-state index in [2.05, 4.69) is 15.1 Å². The molecule has 1 saturated heterocycles. The van der Waals surface area contributed by atoms with Gasteiger partial charge in [0.2, 0.25) is 17.6 Å². The predicted molar refractivity (Wildman–Crippen MR) is 105 cm³/mol. The molecule has 2 aromatic heterocycles. The van der Waals surface area contributed by atoms with Gasteiger partial charge in [-0.15, -0.1) is 0 Å². The molecule has 0 saturated carbocycles. The van der Waals surface area contributed by atoms with Crippen LogP contribution in [0.5, 0.6) is 0 Å². The number of fused-ring (bicyclic) bond motifs is 1. The van der Waals surface area contributed by atoms with Crippen LogP contribution in [0.25, 0.3) is 22.4 Å². The number of carbonyl (C=O) groups is 1. The highest BCUT2D eigenvalue weighted by molar-refractivity contribution is 5.96. The van der Waals surface area contributed by atoms with Gasteiger partial charge in [-0.1, -0.05) is 22.9 Å². The lowest BCUT2D eigenvalue weighted by Gasteiger charge is -2.16. The SMILES string of the molecule is Cc1ccc(N2C[C@@H](c3nc(-c4ccc5c(c4)ncn5C)no3)CC2=O)cc1. The summed E-state index contributed by atoms with van der Waals surface area (Å²) in [5.41, 5.74) is 4.84. The van der Waals surface area contributed by atoms with Crippen molar-refractivity contribution in [3.05, 3.63) is 60.2 Å². The molecule has 7 heteroatoms. The van der Waals surface area contributed by atoms with E-state index in [1.54, 1.807) is 11.2 Å². The molecule has 5 rings (SSSR count). The monoisotopic (exact) mass is 373 g/mol. The summed E-state index contributed by atoms with van der Waals surface area (Å²) in [4.78, 5) is 23.2. The molecule has 1 fully saturated rings. The standard InChI is InChI=1S/C21H19N5O2/c1-13-3-6-16(7-4-13)26-11-15(10-19(26)27)21-23-20(24-28-21)14-5-8-18-17(9-14)22-12-25(18)2/h3-9,12,15H,10-11H2,1-2H3/t15-/m0/s1. The molecule has 0 aliphatic carbocycles. The van der Waals surface area contributed by atoms with Gasteiger partial charge in [0, 0.05) is 31.3 Å². The topological polar surface area (TPSA) is 77.1 Å². The van der Waals surface area contributed by atoms with Gasteiger partial charge in [0.1, 0.15) is 0 Å². The van der Waals surface area contributed by atoms with Gasteiger partial charge in [0.05, 0.1) is 23.3 Å². The zero-order valence-electron chi connectivity index (χ0n) is 15.7. The van der Waals surface area contributed by atoms with Gasteiger partial charge in [-0.25, -0.2) is 4.98 Å². The first kappa shape index (κ1) is 16.7. The summed E-state index contributed by atoms with van der Waals surface area (Å²) in [5, 5.41) is 4.13. The predicted octanol–water partition coefficient (Wildman–Crippen LogP) is 3.45. The number of aryl methyl sites for hydroxylation is 2. The molecule has 2 aromatic carbocycles. The number of carbonyl (C=O) groups excluding carboxylic acids is 1. The van der Waals surface area contributed by atoms with Gasteiger partial charge in [0.25, 0.3) is 0 Å². The van der Waals surface area contributed by atoms with Crippen LogP contribution in [0.3, 0.4) is 0 Å². The molecule has 0 unspecified atom stereocenters. The highest BCUT2D eigenvalue weighted by Crippen LogP contribution is 2.32. The van der Waals surface area contributed by atoms with E-state index in [1.807, 2.05) is 61.0 Å². The molecule has 4 aromatic rings. The number of hydrogen-bond acceptors (Lipinski definition) is 5. The first-order valence-corrected chi connectivity index (χ1v) is 9.20. The zero-order chi connectivity index (χ0) is 19.3. The Kier molecular flexibility index (Phi) is 3.75. The average molecular weight is 373 g/mol. The molecule has 0 bridgehead atoms. The van der Waals surface area contributed by atoms with E-state index < -0.39 is 0 Å². The van der Waals surface area contributed by atoms with Crippen molar-refractivity contribution in [2.45, 2.75) is 19.3 Å². The Morgan fingerprint density at radius 3 is 2.79 bits per heavy atom. The maximum absolute atomic E-state index is 12.5. The average Bonchev–Trinajstić information content (AvgIpc) is 3.41. The molecule has 0 spiro atoms. The van der Waals surface area contributed by atoms with Gasteiger partial charge in [-0.2, -0.15) is 4.98 Å². The number of benzene rings is 2. The number of hydrogen-bond donors (Lipinski definition) is 0. The molecule has 3 heterocycles. The molecule has 0 radical (unpaired) electrons. The van der Waals surface area contributed by atoms with Crippen molar-refractivity contribution in [3.63, 3.8) is 0 Å². The first-order chi connectivity index (χ1) is 13.6. The Morgan fingerprint density at radius 2 is 1.96 bits per heavy atom. The number of anilines is 1. The summed E-state index contributed by atoms with van der Waals surface area (Å²) in [5.74, 6) is 0.986. The molecule has 1 aliphatic rings. The third-order valence-corrected chi connectivity index (χ3v) is 5.25. The van der Waals surface area contributed by atoms with Crippen LogP contribution in [-0.4, -0.2) is 32.1 Å². The van der Waals surface area contributed by atoms with Gasteiger partial charge in [0.15, 0.2) is 0 Å². The van der Waals surface area contributed by atoms with Crippen LogP contribution >= 0.6 is 0 Å². The molecule has 28 heavy (non-hydrogen) atoms. The van der Waals surface area contributed by atoms with Gasteiger partial charge in [-0.05, 0) is 37.3 Å². The second-order valence-electron chi connectivity index (χ2n) is 7.26. The lowest BCUT2D eigenvalue weighted by molar-refractivity contribution is -0.117. The normalized spacial score (nSPS) is 17.0. The van der Waals surface area contributed by atoms with Crippen molar-refractivity contribution < 1.29 is 9.32 Å². The quantitative estimate of drug-likeness (QED) is 0.550. The first-order valence-electron chi connectivity index (χ1n) is 9.20. The third-order valence-electron chi connectivity index (χ3n) is 5.25. The smallest absolute Gasteiger partial charge is 0.232 e. The number of nitrogens with zero attached hydrogens (tertiary/aromatic N) is 5.